The van der Waals surface area contributed by atoms with Crippen molar-refractivity contribution in [3.8, 4) is 0 Å². The third kappa shape index (κ3) is 3.40. The van der Waals surface area contributed by atoms with Gasteiger partial charge in [0.1, 0.15) is 4.90 Å². The van der Waals surface area contributed by atoms with Crippen LogP contribution in [0.2, 0.25) is 0 Å². The zero-order chi connectivity index (χ0) is 14.8. The molecule has 4 N–H and O–H groups in total. The van der Waals surface area contributed by atoms with Gasteiger partial charge in [-0.15, -0.1) is 0 Å². The Labute approximate surface area is 119 Å². The number of nitrogens with zero attached hydrogens (tertiary/aromatic N) is 2. The number of hydrogen-bond donors (Lipinski definition) is 3. The number of nitrogen functional groups attached to an aromatic ring is 1. The summed E-state index contributed by atoms with van der Waals surface area (Å²) in [7, 11) is -0.0885. The first kappa shape index (κ1) is 15.0. The second-order valence-corrected chi connectivity index (χ2v) is 6.72. The molecule has 0 amide bonds. The quantitative estimate of drug-likeness (QED) is 0.664. The SMILES string of the molecule is CNS(=O)(=O)c1cc(N)ccc1NN1CCN(C)CC1. The monoisotopic (exact) mass is 299 g/mol. The van der Waals surface area contributed by atoms with Crippen molar-refractivity contribution < 1.29 is 8.42 Å². The predicted octanol–water partition coefficient (Wildman–Crippen LogP) is -0.249. The molecule has 1 aliphatic heterocycles. The molecule has 20 heavy (non-hydrogen) atoms. The fourth-order valence-electron chi connectivity index (χ4n) is 2.05. The average molecular weight is 299 g/mol. The molecular weight excluding hydrogens is 278 g/mol. The lowest BCUT2D eigenvalue weighted by molar-refractivity contribution is 0.178. The second kappa shape index (κ2) is 5.96. The Morgan fingerprint density at radius 2 is 1.85 bits per heavy atom. The van der Waals surface area contributed by atoms with Crippen LogP contribution in [0.15, 0.2) is 23.1 Å². The Kier molecular flexibility index (Phi) is 4.48. The molecule has 1 aliphatic rings. The van der Waals surface area contributed by atoms with Crippen LogP contribution in [0, 0.1) is 0 Å². The van der Waals surface area contributed by atoms with Crippen LogP contribution in [0.4, 0.5) is 11.4 Å². The summed E-state index contributed by atoms with van der Waals surface area (Å²) in [4.78, 5) is 2.39. The number of piperazine rings is 1. The summed E-state index contributed by atoms with van der Waals surface area (Å²) in [6.07, 6.45) is 0. The molecule has 1 fully saturated rings. The lowest BCUT2D eigenvalue weighted by atomic mass is 10.3. The molecule has 1 aromatic carbocycles. The molecule has 0 aliphatic carbocycles. The summed E-state index contributed by atoms with van der Waals surface area (Å²) in [6.45, 7) is 3.55. The van der Waals surface area contributed by atoms with E-state index in [1.54, 1.807) is 12.1 Å². The first-order chi connectivity index (χ1) is 9.42. The number of rotatable bonds is 4. The number of anilines is 2. The smallest absolute Gasteiger partial charge is 0.242 e. The van der Waals surface area contributed by atoms with Gasteiger partial charge < -0.3 is 16.1 Å². The van der Waals surface area contributed by atoms with Gasteiger partial charge in [-0.05, 0) is 32.3 Å². The summed E-state index contributed by atoms with van der Waals surface area (Å²) in [5.74, 6) is 0. The third-order valence-corrected chi connectivity index (χ3v) is 4.80. The Bertz CT molecular complexity index is 567. The van der Waals surface area contributed by atoms with Gasteiger partial charge in [0.25, 0.3) is 0 Å². The zero-order valence-electron chi connectivity index (χ0n) is 11.8. The Morgan fingerprint density at radius 3 is 2.45 bits per heavy atom. The predicted molar refractivity (Wildman–Crippen MR) is 79.8 cm³/mol. The summed E-state index contributed by atoms with van der Waals surface area (Å²) < 4.78 is 26.4. The highest BCUT2D eigenvalue weighted by atomic mass is 32.2. The summed E-state index contributed by atoms with van der Waals surface area (Å²) in [5.41, 5.74) is 9.82. The van der Waals surface area contributed by atoms with Gasteiger partial charge in [0.05, 0.1) is 5.69 Å². The van der Waals surface area contributed by atoms with E-state index >= 15 is 0 Å². The lowest BCUT2D eigenvalue weighted by Crippen LogP contribution is -2.47. The van der Waals surface area contributed by atoms with Gasteiger partial charge in [-0.1, -0.05) is 0 Å². The van der Waals surface area contributed by atoms with Crippen LogP contribution in [-0.2, 0) is 10.0 Å². The number of likely N-dealkylation sites (N-methyl/N-ethyl adjacent to an activating group) is 1. The van der Waals surface area contributed by atoms with E-state index in [-0.39, 0.29) is 4.90 Å². The van der Waals surface area contributed by atoms with Crippen LogP contribution >= 0.6 is 0 Å². The second-order valence-electron chi connectivity index (χ2n) is 4.87. The van der Waals surface area contributed by atoms with Gasteiger partial charge in [-0.25, -0.2) is 18.1 Å². The zero-order valence-corrected chi connectivity index (χ0v) is 12.6. The standard InChI is InChI=1S/C12H21N5O2S/c1-14-20(18,19)12-9-10(13)3-4-11(12)15-17-7-5-16(2)6-8-17/h3-4,9,14-15H,5-8,13H2,1-2H3. The Morgan fingerprint density at radius 1 is 1.20 bits per heavy atom. The summed E-state index contributed by atoms with van der Waals surface area (Å²) >= 11 is 0. The molecule has 0 atom stereocenters. The van der Waals surface area contributed by atoms with Crippen LogP contribution in [0.25, 0.3) is 0 Å². The van der Waals surface area contributed by atoms with Crippen LogP contribution in [0.5, 0.6) is 0 Å². The number of nitrogens with two attached hydrogens (primary N) is 1. The number of hydrazine groups is 1. The molecule has 1 heterocycles. The molecule has 0 spiro atoms. The molecule has 1 aromatic rings. The highest BCUT2D eigenvalue weighted by molar-refractivity contribution is 7.89. The van der Waals surface area contributed by atoms with E-state index in [1.807, 2.05) is 5.01 Å². The third-order valence-electron chi connectivity index (χ3n) is 3.35. The van der Waals surface area contributed by atoms with Crippen molar-refractivity contribution in [2.75, 3.05) is 51.4 Å². The molecule has 0 saturated carbocycles. The number of benzene rings is 1. The minimum atomic E-state index is -3.54. The van der Waals surface area contributed by atoms with Crippen molar-refractivity contribution in [1.82, 2.24) is 14.6 Å². The maximum Gasteiger partial charge on any atom is 0.242 e. The van der Waals surface area contributed by atoms with Crippen LogP contribution < -0.4 is 15.9 Å². The minimum absolute atomic E-state index is 0.166. The molecule has 0 radical (unpaired) electrons. The van der Waals surface area contributed by atoms with E-state index in [4.69, 9.17) is 5.73 Å². The normalized spacial score (nSPS) is 18.1. The number of nitrogens with one attached hydrogen (secondary N) is 2. The van der Waals surface area contributed by atoms with Crippen molar-refractivity contribution in [3.05, 3.63) is 18.2 Å². The van der Waals surface area contributed by atoms with Gasteiger partial charge in [0.15, 0.2) is 0 Å². The average Bonchev–Trinajstić information content (AvgIpc) is 2.43. The Hall–Kier alpha value is -1.35. The van der Waals surface area contributed by atoms with E-state index in [2.05, 4.69) is 22.1 Å². The van der Waals surface area contributed by atoms with E-state index < -0.39 is 10.0 Å². The molecule has 0 bridgehead atoms. The Balaban J connectivity index is 2.23. The van der Waals surface area contributed by atoms with E-state index in [1.165, 1.54) is 13.1 Å². The summed E-state index contributed by atoms with van der Waals surface area (Å²) in [6, 6.07) is 4.84. The van der Waals surface area contributed by atoms with Gasteiger partial charge in [0, 0.05) is 31.9 Å². The van der Waals surface area contributed by atoms with Crippen molar-refractivity contribution in [2.24, 2.45) is 0 Å². The molecule has 112 valence electrons. The maximum atomic E-state index is 12.0. The first-order valence-electron chi connectivity index (χ1n) is 6.45. The topological polar surface area (TPSA) is 90.7 Å². The molecule has 0 unspecified atom stereocenters. The van der Waals surface area contributed by atoms with Crippen molar-refractivity contribution in [3.63, 3.8) is 0 Å². The molecule has 0 aromatic heterocycles. The van der Waals surface area contributed by atoms with Crippen LogP contribution in [0.3, 0.4) is 0 Å². The molecule has 8 heteroatoms. The van der Waals surface area contributed by atoms with Crippen molar-refractivity contribution in [1.29, 1.82) is 0 Å². The number of sulfonamides is 1. The molecular formula is C12H21N5O2S. The van der Waals surface area contributed by atoms with Gasteiger partial charge in [-0.2, -0.15) is 0 Å². The highest BCUT2D eigenvalue weighted by Crippen LogP contribution is 2.24. The highest BCUT2D eigenvalue weighted by Gasteiger charge is 2.20. The molecule has 1 saturated heterocycles. The maximum absolute atomic E-state index is 12.0. The van der Waals surface area contributed by atoms with Gasteiger partial charge >= 0.3 is 0 Å². The van der Waals surface area contributed by atoms with Crippen molar-refractivity contribution >= 4 is 21.4 Å². The largest absolute Gasteiger partial charge is 0.399 e. The van der Waals surface area contributed by atoms with Gasteiger partial charge in [0.2, 0.25) is 10.0 Å². The lowest BCUT2D eigenvalue weighted by Gasteiger charge is -2.33. The van der Waals surface area contributed by atoms with Crippen molar-refractivity contribution in [2.45, 2.75) is 4.90 Å². The van der Waals surface area contributed by atoms with E-state index in [0.717, 1.165) is 26.2 Å². The first-order valence-corrected chi connectivity index (χ1v) is 7.94. The van der Waals surface area contributed by atoms with E-state index in [0.29, 0.717) is 11.4 Å². The minimum Gasteiger partial charge on any atom is -0.399 e. The molecule has 2 rings (SSSR count). The van der Waals surface area contributed by atoms with Gasteiger partial charge in [-0.3, -0.25) is 0 Å². The van der Waals surface area contributed by atoms with E-state index in [9.17, 15) is 8.42 Å². The van der Waals surface area contributed by atoms with Crippen LogP contribution in [-0.4, -0.2) is 58.6 Å². The fourth-order valence-corrected chi connectivity index (χ4v) is 2.97. The van der Waals surface area contributed by atoms with Crippen LogP contribution in [0.1, 0.15) is 0 Å². The number of hydrogen-bond acceptors (Lipinski definition) is 6. The fraction of sp³-hybridized carbons (Fsp3) is 0.500. The molecule has 7 nitrogen and oxygen atoms in total. The summed E-state index contributed by atoms with van der Waals surface area (Å²) in [5, 5.41) is 2.01.